The molecule has 0 aliphatic heterocycles. The normalized spacial score (nSPS) is 11.2. The number of nitrogens with one attached hydrogen (secondary N) is 1. The first-order valence-corrected chi connectivity index (χ1v) is 6.84. The summed E-state index contributed by atoms with van der Waals surface area (Å²) in [4.78, 5) is 7.24. The van der Waals surface area contributed by atoms with E-state index in [0.717, 1.165) is 48.4 Å². The Balaban J connectivity index is 1.91. The largest absolute Gasteiger partial charge is 0.381 e. The minimum Gasteiger partial charge on any atom is -0.381 e. The molecule has 0 saturated carbocycles. The van der Waals surface area contributed by atoms with Crippen LogP contribution in [0.15, 0.2) is 18.5 Å². The molecule has 0 radical (unpaired) electrons. The smallest absolute Gasteiger partial charge is 0.178 e. The van der Waals surface area contributed by atoms with Gasteiger partial charge in [-0.05, 0) is 31.1 Å². The van der Waals surface area contributed by atoms with Crippen LogP contribution in [0.25, 0.3) is 11.0 Å². The molecule has 0 aliphatic carbocycles. The molecule has 0 saturated heterocycles. The number of aryl methyl sites for hydroxylation is 1. The Kier molecular flexibility index (Phi) is 4.90. The standard InChI is InChI=1S/C13H19N3OS/c1-2-3-8-17-9-4-7-16-12-5-6-14-10-11(12)15-13(16)18/h5-6,10H,2-4,7-9H2,1H3,(H,15,18). The molecule has 5 heteroatoms. The molecule has 0 amide bonds. The van der Waals surface area contributed by atoms with Crippen LogP contribution >= 0.6 is 12.2 Å². The van der Waals surface area contributed by atoms with Gasteiger partial charge in [0.1, 0.15) is 0 Å². The van der Waals surface area contributed by atoms with E-state index in [1.54, 1.807) is 12.4 Å². The molecule has 2 aromatic heterocycles. The third kappa shape index (κ3) is 3.17. The maximum absolute atomic E-state index is 5.55. The average molecular weight is 265 g/mol. The van der Waals surface area contributed by atoms with Gasteiger partial charge in [0.15, 0.2) is 4.77 Å². The quantitative estimate of drug-likeness (QED) is 0.617. The Hall–Kier alpha value is -1.20. The number of H-pyrrole nitrogens is 1. The van der Waals surface area contributed by atoms with Gasteiger partial charge in [0.2, 0.25) is 0 Å². The molecule has 0 bridgehead atoms. The first-order valence-electron chi connectivity index (χ1n) is 6.43. The number of nitrogens with zero attached hydrogens (tertiary/aromatic N) is 2. The molecule has 0 spiro atoms. The van der Waals surface area contributed by atoms with Crippen molar-refractivity contribution < 1.29 is 4.74 Å². The Morgan fingerprint density at radius 2 is 2.22 bits per heavy atom. The van der Waals surface area contributed by atoms with E-state index < -0.39 is 0 Å². The zero-order valence-corrected chi connectivity index (χ0v) is 11.5. The summed E-state index contributed by atoms with van der Waals surface area (Å²) in [5.74, 6) is 0. The Morgan fingerprint density at radius 3 is 3.06 bits per heavy atom. The molecule has 0 fully saturated rings. The lowest BCUT2D eigenvalue weighted by Gasteiger charge is -2.05. The topological polar surface area (TPSA) is 42.8 Å². The van der Waals surface area contributed by atoms with Crippen LogP contribution in [0.4, 0.5) is 0 Å². The fourth-order valence-electron chi connectivity index (χ4n) is 1.91. The summed E-state index contributed by atoms with van der Waals surface area (Å²) in [6, 6.07) is 1.99. The molecule has 1 N–H and O–H groups in total. The maximum Gasteiger partial charge on any atom is 0.178 e. The molecule has 2 rings (SSSR count). The number of hydrogen-bond donors (Lipinski definition) is 1. The molecular formula is C13H19N3OS. The van der Waals surface area contributed by atoms with Crippen molar-refractivity contribution in [2.45, 2.75) is 32.7 Å². The third-order valence-electron chi connectivity index (χ3n) is 2.89. The maximum atomic E-state index is 5.55. The third-order valence-corrected chi connectivity index (χ3v) is 3.21. The number of fused-ring (bicyclic) bond motifs is 1. The van der Waals surface area contributed by atoms with E-state index in [0.29, 0.717) is 0 Å². The van der Waals surface area contributed by atoms with Gasteiger partial charge in [-0.25, -0.2) is 0 Å². The molecule has 0 atom stereocenters. The number of pyridine rings is 1. The number of hydrogen-bond acceptors (Lipinski definition) is 3. The van der Waals surface area contributed by atoms with Gasteiger partial charge >= 0.3 is 0 Å². The fraction of sp³-hybridized carbons (Fsp3) is 0.538. The van der Waals surface area contributed by atoms with E-state index in [4.69, 9.17) is 17.0 Å². The summed E-state index contributed by atoms with van der Waals surface area (Å²) in [5, 5.41) is 0. The monoisotopic (exact) mass is 265 g/mol. The van der Waals surface area contributed by atoms with Gasteiger partial charge in [-0.1, -0.05) is 13.3 Å². The Morgan fingerprint density at radius 1 is 1.39 bits per heavy atom. The number of unbranched alkanes of at least 4 members (excludes halogenated alkanes) is 1. The van der Waals surface area contributed by atoms with Gasteiger partial charge in [-0.15, -0.1) is 0 Å². The van der Waals surface area contributed by atoms with Crippen LogP contribution in [0, 0.1) is 4.77 Å². The number of rotatable bonds is 7. The lowest BCUT2D eigenvalue weighted by atomic mass is 10.3. The van der Waals surface area contributed by atoms with E-state index in [2.05, 4.69) is 21.5 Å². The van der Waals surface area contributed by atoms with Crippen molar-refractivity contribution in [3.05, 3.63) is 23.2 Å². The summed E-state index contributed by atoms with van der Waals surface area (Å²) in [7, 11) is 0. The molecule has 2 heterocycles. The summed E-state index contributed by atoms with van der Waals surface area (Å²) >= 11 is 5.31. The van der Waals surface area contributed by atoms with E-state index in [9.17, 15) is 0 Å². The minimum atomic E-state index is 0.756. The fourth-order valence-corrected chi connectivity index (χ4v) is 2.21. The van der Waals surface area contributed by atoms with Crippen molar-refractivity contribution in [3.63, 3.8) is 0 Å². The number of ether oxygens (including phenoxy) is 1. The Labute approximate surface area is 112 Å². The number of aromatic nitrogens is 3. The molecule has 4 nitrogen and oxygen atoms in total. The predicted molar refractivity (Wildman–Crippen MR) is 75.3 cm³/mol. The van der Waals surface area contributed by atoms with Crippen molar-refractivity contribution in [3.8, 4) is 0 Å². The number of aromatic amines is 1. The highest BCUT2D eigenvalue weighted by Crippen LogP contribution is 2.12. The summed E-state index contributed by atoms with van der Waals surface area (Å²) in [5.41, 5.74) is 2.11. The van der Waals surface area contributed by atoms with Crippen LogP contribution in [0.1, 0.15) is 26.2 Å². The van der Waals surface area contributed by atoms with E-state index in [1.165, 1.54) is 6.42 Å². The van der Waals surface area contributed by atoms with Gasteiger partial charge in [-0.3, -0.25) is 4.98 Å². The van der Waals surface area contributed by atoms with E-state index in [-0.39, 0.29) is 0 Å². The first-order chi connectivity index (χ1) is 8.83. The van der Waals surface area contributed by atoms with Crippen molar-refractivity contribution in [1.82, 2.24) is 14.5 Å². The van der Waals surface area contributed by atoms with Gasteiger partial charge in [-0.2, -0.15) is 0 Å². The van der Waals surface area contributed by atoms with Crippen LogP contribution in [0.5, 0.6) is 0 Å². The van der Waals surface area contributed by atoms with Crippen molar-refractivity contribution in [2.24, 2.45) is 0 Å². The zero-order valence-electron chi connectivity index (χ0n) is 10.7. The minimum absolute atomic E-state index is 0.756. The molecule has 98 valence electrons. The predicted octanol–water partition coefficient (Wildman–Crippen LogP) is 3.30. The SMILES string of the molecule is CCCCOCCCn1c(=S)[nH]c2cnccc21. The average Bonchev–Trinajstić information content (AvgIpc) is 2.70. The molecule has 0 unspecified atom stereocenters. The second-order valence-corrected chi connectivity index (χ2v) is 4.68. The molecular weight excluding hydrogens is 246 g/mol. The van der Waals surface area contributed by atoms with Crippen molar-refractivity contribution >= 4 is 23.3 Å². The zero-order chi connectivity index (χ0) is 12.8. The van der Waals surface area contributed by atoms with Crippen LogP contribution in [0.2, 0.25) is 0 Å². The summed E-state index contributed by atoms with van der Waals surface area (Å²) in [6.07, 6.45) is 6.89. The molecule has 0 aromatic carbocycles. The van der Waals surface area contributed by atoms with E-state index >= 15 is 0 Å². The van der Waals surface area contributed by atoms with Crippen molar-refractivity contribution in [1.29, 1.82) is 0 Å². The highest BCUT2D eigenvalue weighted by molar-refractivity contribution is 7.71. The van der Waals surface area contributed by atoms with Crippen LogP contribution in [0.3, 0.4) is 0 Å². The Bertz CT molecular complexity index is 546. The molecule has 18 heavy (non-hydrogen) atoms. The summed E-state index contributed by atoms with van der Waals surface area (Å²) < 4.78 is 8.42. The lowest BCUT2D eigenvalue weighted by molar-refractivity contribution is 0.126. The summed E-state index contributed by atoms with van der Waals surface area (Å²) in [6.45, 7) is 4.71. The highest BCUT2D eigenvalue weighted by atomic mass is 32.1. The molecule has 0 aliphatic rings. The highest BCUT2D eigenvalue weighted by Gasteiger charge is 2.03. The molecule has 2 aromatic rings. The van der Waals surface area contributed by atoms with Gasteiger partial charge in [0.25, 0.3) is 0 Å². The lowest BCUT2D eigenvalue weighted by Crippen LogP contribution is -2.03. The first kappa shape index (κ1) is 13.2. The number of imidazole rings is 1. The van der Waals surface area contributed by atoms with Crippen LogP contribution < -0.4 is 0 Å². The van der Waals surface area contributed by atoms with Crippen LogP contribution in [-0.2, 0) is 11.3 Å². The van der Waals surface area contributed by atoms with Gasteiger partial charge in [0, 0.05) is 26.0 Å². The van der Waals surface area contributed by atoms with Gasteiger partial charge in [0.05, 0.1) is 17.2 Å². The van der Waals surface area contributed by atoms with Crippen molar-refractivity contribution in [2.75, 3.05) is 13.2 Å². The van der Waals surface area contributed by atoms with Gasteiger partial charge < -0.3 is 14.3 Å². The van der Waals surface area contributed by atoms with Crippen LogP contribution in [-0.4, -0.2) is 27.7 Å². The van der Waals surface area contributed by atoms with E-state index in [1.807, 2.05) is 6.07 Å². The second-order valence-electron chi connectivity index (χ2n) is 4.29. The second kappa shape index (κ2) is 6.66.